The monoisotopic (exact) mass is 472 g/mol. The summed E-state index contributed by atoms with van der Waals surface area (Å²) in [6, 6.07) is 10.9. The Balaban J connectivity index is 1.49. The Kier molecular flexibility index (Phi) is 11.5. The molecule has 0 radical (unpaired) electrons. The highest BCUT2D eigenvalue weighted by Gasteiger charge is 2.23. The van der Waals surface area contributed by atoms with Crippen molar-refractivity contribution in [3.63, 3.8) is 0 Å². The van der Waals surface area contributed by atoms with Gasteiger partial charge in [-0.25, -0.2) is 8.78 Å². The maximum atomic E-state index is 14.8. The molecule has 4 heteroatoms. The van der Waals surface area contributed by atoms with Crippen molar-refractivity contribution in [2.45, 2.75) is 97.2 Å². The molecule has 0 bridgehead atoms. The lowest BCUT2D eigenvalue weighted by molar-refractivity contribution is -0.206. The molecule has 0 spiro atoms. The molecule has 3 rings (SSSR count). The van der Waals surface area contributed by atoms with Gasteiger partial charge in [0.1, 0.15) is 0 Å². The van der Waals surface area contributed by atoms with E-state index < -0.39 is 11.6 Å². The zero-order valence-electron chi connectivity index (χ0n) is 21.1. The van der Waals surface area contributed by atoms with Crippen molar-refractivity contribution in [3.8, 4) is 11.1 Å². The van der Waals surface area contributed by atoms with Crippen molar-refractivity contribution in [3.05, 3.63) is 59.2 Å². The van der Waals surface area contributed by atoms with E-state index >= 15 is 0 Å². The van der Waals surface area contributed by atoms with Gasteiger partial charge in [-0.2, -0.15) is 0 Å². The van der Waals surface area contributed by atoms with E-state index in [0.717, 1.165) is 37.7 Å². The van der Waals surface area contributed by atoms with Gasteiger partial charge in [0.2, 0.25) is 0 Å². The number of unbranched alkanes of at least 4 members (excludes halogenated alkanes) is 8. The first-order chi connectivity index (χ1) is 16.6. The van der Waals surface area contributed by atoms with E-state index in [1.54, 1.807) is 12.1 Å². The fourth-order valence-corrected chi connectivity index (χ4v) is 4.68. The molecule has 1 saturated heterocycles. The molecule has 1 fully saturated rings. The first-order valence-corrected chi connectivity index (χ1v) is 13.4. The zero-order chi connectivity index (χ0) is 24.2. The van der Waals surface area contributed by atoms with E-state index in [4.69, 9.17) is 9.47 Å². The fourth-order valence-electron chi connectivity index (χ4n) is 4.68. The van der Waals surface area contributed by atoms with Crippen LogP contribution in [-0.4, -0.2) is 13.2 Å². The summed E-state index contributed by atoms with van der Waals surface area (Å²) in [5.41, 5.74) is 2.34. The molecule has 2 nitrogen and oxygen atoms in total. The van der Waals surface area contributed by atoms with Gasteiger partial charge in [0, 0.05) is 17.0 Å². The second kappa shape index (κ2) is 14.6. The lowest BCUT2D eigenvalue weighted by Gasteiger charge is -2.29. The van der Waals surface area contributed by atoms with Crippen LogP contribution in [0, 0.1) is 17.6 Å². The number of benzene rings is 2. The summed E-state index contributed by atoms with van der Waals surface area (Å²) in [7, 11) is 0. The van der Waals surface area contributed by atoms with Gasteiger partial charge >= 0.3 is 0 Å². The average Bonchev–Trinajstić information content (AvgIpc) is 2.87. The minimum atomic E-state index is -0.761. The smallest absolute Gasteiger partial charge is 0.183 e. The van der Waals surface area contributed by atoms with Crippen molar-refractivity contribution in [2.24, 2.45) is 5.92 Å². The van der Waals surface area contributed by atoms with Crippen molar-refractivity contribution in [1.29, 1.82) is 0 Å². The number of hydrogen-bond donors (Lipinski definition) is 0. The molecule has 0 saturated carbocycles. The minimum absolute atomic E-state index is 0.297. The molecular weight excluding hydrogens is 430 g/mol. The molecule has 34 heavy (non-hydrogen) atoms. The molecule has 0 amide bonds. The third kappa shape index (κ3) is 7.88. The highest BCUT2D eigenvalue weighted by molar-refractivity contribution is 5.65. The van der Waals surface area contributed by atoms with Crippen LogP contribution in [0.25, 0.3) is 11.1 Å². The third-order valence-electron chi connectivity index (χ3n) is 6.89. The Bertz CT molecular complexity index is 842. The van der Waals surface area contributed by atoms with Crippen LogP contribution in [-0.2, 0) is 15.9 Å². The van der Waals surface area contributed by atoms with Crippen LogP contribution in [0.15, 0.2) is 36.4 Å². The summed E-state index contributed by atoms with van der Waals surface area (Å²) in [5, 5.41) is 0. The first-order valence-electron chi connectivity index (χ1n) is 13.4. The molecule has 0 aromatic heterocycles. The average molecular weight is 473 g/mol. The summed E-state index contributed by atoms with van der Waals surface area (Å²) in [6.45, 7) is 5.80. The second-order valence-corrected chi connectivity index (χ2v) is 9.75. The minimum Gasteiger partial charge on any atom is -0.348 e. The number of rotatable bonds is 14. The van der Waals surface area contributed by atoms with Gasteiger partial charge in [-0.05, 0) is 30.4 Å². The van der Waals surface area contributed by atoms with Crippen LogP contribution in [0.4, 0.5) is 8.78 Å². The van der Waals surface area contributed by atoms with Gasteiger partial charge in [0.25, 0.3) is 0 Å². The van der Waals surface area contributed by atoms with Gasteiger partial charge in [0.05, 0.1) is 13.2 Å². The van der Waals surface area contributed by atoms with Crippen LogP contribution < -0.4 is 0 Å². The lowest BCUT2D eigenvalue weighted by Crippen LogP contribution is -2.27. The standard InChI is InChI=1S/C30H42F2O2/c1-3-5-7-9-10-11-13-23-21-33-30(34-22-23)26-17-15-24(16-18-26)27-20-19-25(28(31)29(27)32)14-12-8-6-4-2/h15-20,23,30H,3-14,21-22H2,1-2H3. The fraction of sp³-hybridized carbons (Fsp3) is 0.600. The maximum absolute atomic E-state index is 14.8. The molecule has 2 aromatic carbocycles. The van der Waals surface area contributed by atoms with Crippen LogP contribution in [0.2, 0.25) is 0 Å². The van der Waals surface area contributed by atoms with Gasteiger partial charge in [-0.15, -0.1) is 0 Å². The highest BCUT2D eigenvalue weighted by Crippen LogP contribution is 2.31. The van der Waals surface area contributed by atoms with E-state index in [1.165, 1.54) is 38.5 Å². The molecule has 1 aliphatic heterocycles. The quantitative estimate of drug-likeness (QED) is 0.255. The molecule has 1 heterocycles. The Labute approximate surface area is 205 Å². The first kappa shape index (κ1) is 26.8. The van der Waals surface area contributed by atoms with Gasteiger partial charge in [-0.1, -0.05) is 108 Å². The van der Waals surface area contributed by atoms with E-state index in [0.29, 0.717) is 42.2 Å². The molecule has 0 atom stereocenters. The highest BCUT2D eigenvalue weighted by atomic mass is 19.2. The second-order valence-electron chi connectivity index (χ2n) is 9.75. The van der Waals surface area contributed by atoms with Gasteiger partial charge in [0.15, 0.2) is 17.9 Å². The molecule has 0 aliphatic carbocycles. The van der Waals surface area contributed by atoms with E-state index in [1.807, 2.05) is 24.3 Å². The summed E-state index contributed by atoms with van der Waals surface area (Å²) >= 11 is 0. The predicted octanol–water partition coefficient (Wildman–Crippen LogP) is 9.17. The van der Waals surface area contributed by atoms with Crippen LogP contribution in [0.5, 0.6) is 0 Å². The number of ether oxygens (including phenoxy) is 2. The molecule has 188 valence electrons. The Morgan fingerprint density at radius 3 is 2.00 bits per heavy atom. The van der Waals surface area contributed by atoms with Crippen LogP contribution >= 0.6 is 0 Å². The summed E-state index contributed by atoms with van der Waals surface area (Å²) in [5.74, 6) is -1.02. The molecular formula is C30H42F2O2. The summed E-state index contributed by atoms with van der Waals surface area (Å²) < 4.78 is 41.4. The Hall–Kier alpha value is -1.78. The van der Waals surface area contributed by atoms with E-state index in [9.17, 15) is 8.78 Å². The van der Waals surface area contributed by atoms with Crippen molar-refractivity contribution in [1.82, 2.24) is 0 Å². The number of aryl methyl sites for hydroxylation is 1. The van der Waals surface area contributed by atoms with Gasteiger partial charge < -0.3 is 9.47 Å². The molecule has 0 unspecified atom stereocenters. The van der Waals surface area contributed by atoms with Crippen LogP contribution in [0.1, 0.15) is 102 Å². The molecule has 0 N–H and O–H groups in total. The number of halogens is 2. The predicted molar refractivity (Wildman–Crippen MR) is 136 cm³/mol. The molecule has 1 aliphatic rings. The lowest BCUT2D eigenvalue weighted by atomic mass is 9.98. The largest absolute Gasteiger partial charge is 0.348 e. The van der Waals surface area contributed by atoms with Crippen LogP contribution in [0.3, 0.4) is 0 Å². The number of hydrogen-bond acceptors (Lipinski definition) is 2. The Morgan fingerprint density at radius 2 is 1.32 bits per heavy atom. The third-order valence-corrected chi connectivity index (χ3v) is 6.89. The maximum Gasteiger partial charge on any atom is 0.183 e. The summed E-state index contributed by atoms with van der Waals surface area (Å²) in [4.78, 5) is 0. The van der Waals surface area contributed by atoms with Crippen molar-refractivity contribution >= 4 is 0 Å². The van der Waals surface area contributed by atoms with Gasteiger partial charge in [-0.3, -0.25) is 0 Å². The van der Waals surface area contributed by atoms with E-state index in [2.05, 4.69) is 13.8 Å². The summed E-state index contributed by atoms with van der Waals surface area (Å²) in [6.07, 6.45) is 13.3. The SMILES string of the molecule is CCCCCCCCC1COC(c2ccc(-c3ccc(CCCCCC)c(F)c3F)cc2)OC1. The molecule has 2 aromatic rings. The van der Waals surface area contributed by atoms with E-state index in [-0.39, 0.29) is 6.29 Å². The van der Waals surface area contributed by atoms with Crippen molar-refractivity contribution in [2.75, 3.05) is 13.2 Å². The van der Waals surface area contributed by atoms with Crippen molar-refractivity contribution < 1.29 is 18.3 Å². The topological polar surface area (TPSA) is 18.5 Å². The zero-order valence-corrected chi connectivity index (χ0v) is 21.1. The normalized spacial score (nSPS) is 18.4. The Morgan fingerprint density at radius 1 is 0.706 bits per heavy atom.